The van der Waals surface area contributed by atoms with Gasteiger partial charge in [-0.25, -0.2) is 0 Å². The first-order valence-corrected chi connectivity index (χ1v) is 20.7. The van der Waals surface area contributed by atoms with Crippen molar-refractivity contribution < 1.29 is 0 Å². The molecular weight excluding hydrogens is 555 g/mol. The lowest BCUT2D eigenvalue weighted by atomic mass is 9.67. The number of nitrogens with zero attached hydrogens (tertiary/aromatic N) is 1. The average molecular weight is 618 g/mol. The predicted octanol–water partition coefficient (Wildman–Crippen LogP) is 9.64. The van der Waals surface area contributed by atoms with Crippen molar-refractivity contribution in [1.29, 1.82) is 0 Å². The molecule has 244 valence electrons. The van der Waals surface area contributed by atoms with Gasteiger partial charge in [-0.05, 0) is 150 Å². The normalized spacial score (nSPS) is 40.6. The van der Waals surface area contributed by atoms with Gasteiger partial charge in [-0.2, -0.15) is 11.8 Å². The highest BCUT2D eigenvalue weighted by molar-refractivity contribution is 8.00. The van der Waals surface area contributed by atoms with Crippen molar-refractivity contribution in [1.82, 2.24) is 10.2 Å². The molecule has 0 aromatic heterocycles. The summed E-state index contributed by atoms with van der Waals surface area (Å²) in [6, 6.07) is 1.95. The van der Waals surface area contributed by atoms with E-state index in [1.54, 1.807) is 5.57 Å². The van der Waals surface area contributed by atoms with Gasteiger partial charge in [-0.1, -0.05) is 50.3 Å². The molecule has 2 heterocycles. The van der Waals surface area contributed by atoms with Crippen molar-refractivity contribution in [3.63, 3.8) is 0 Å². The Kier molecular flexibility index (Phi) is 9.60. The Bertz CT molecular complexity index is 1090. The molecule has 10 atom stereocenters. The van der Waals surface area contributed by atoms with Crippen molar-refractivity contribution in [2.24, 2.45) is 35.3 Å². The van der Waals surface area contributed by atoms with Crippen LogP contribution in [0.4, 0.5) is 0 Å². The van der Waals surface area contributed by atoms with Gasteiger partial charge in [0, 0.05) is 40.2 Å². The second-order valence-electron chi connectivity index (χ2n) is 16.6. The molecule has 3 N–H and O–H groups in total. The minimum Gasteiger partial charge on any atom is -0.365 e. The van der Waals surface area contributed by atoms with Crippen molar-refractivity contribution in [3.8, 4) is 0 Å². The van der Waals surface area contributed by atoms with Crippen LogP contribution in [0, 0.1) is 29.6 Å². The van der Waals surface area contributed by atoms with E-state index >= 15 is 0 Å². The van der Waals surface area contributed by atoms with Crippen LogP contribution in [0.5, 0.6) is 0 Å². The summed E-state index contributed by atoms with van der Waals surface area (Å²) in [4.78, 5) is 3.07. The van der Waals surface area contributed by atoms with Gasteiger partial charge in [-0.15, -0.1) is 0 Å². The van der Waals surface area contributed by atoms with E-state index in [1.807, 2.05) is 11.3 Å². The first kappa shape index (κ1) is 30.6. The van der Waals surface area contributed by atoms with Gasteiger partial charge >= 0.3 is 0 Å². The van der Waals surface area contributed by atoms with Crippen molar-refractivity contribution >= 4 is 11.8 Å². The van der Waals surface area contributed by atoms with E-state index < -0.39 is 0 Å². The van der Waals surface area contributed by atoms with E-state index in [-0.39, 0.29) is 6.17 Å². The summed E-state index contributed by atoms with van der Waals surface area (Å²) in [7, 11) is 0. The van der Waals surface area contributed by atoms with Gasteiger partial charge in [-0.3, -0.25) is 5.32 Å². The molecule has 2 aliphatic heterocycles. The number of hydrogen-bond donors (Lipinski definition) is 2. The van der Waals surface area contributed by atoms with Crippen LogP contribution in [-0.2, 0) is 0 Å². The Morgan fingerprint density at radius 3 is 2.57 bits per heavy atom. The standard InChI is InChI=1S/C40H63N3S/c41-40(42-34(28-14-5-2-6-15-28)24-22-27-12-3-1-4-13-27)29-16-11-17-30(26-29)43-35-20-9-7-19-33(35)38-36(43)25-23-32-31-18-8-10-21-37(31)44-39(32)38/h1,3,26-28,30-32,34,36-40,42H,2,4-25,41H2. The zero-order chi connectivity index (χ0) is 29.5. The molecule has 4 heteroatoms. The van der Waals surface area contributed by atoms with Crippen molar-refractivity contribution in [2.75, 3.05) is 0 Å². The topological polar surface area (TPSA) is 41.3 Å². The Labute approximate surface area is 274 Å². The Hall–Kier alpha value is -0.710. The third-order valence-electron chi connectivity index (χ3n) is 14.2. The van der Waals surface area contributed by atoms with Gasteiger partial charge in [0.25, 0.3) is 0 Å². The van der Waals surface area contributed by atoms with Crippen molar-refractivity contribution in [2.45, 2.75) is 182 Å². The molecule has 8 aliphatic rings. The predicted molar refractivity (Wildman–Crippen MR) is 187 cm³/mol. The maximum Gasteiger partial charge on any atom is 0.0771 e. The minimum absolute atomic E-state index is 0.0402. The molecule has 4 fully saturated rings. The van der Waals surface area contributed by atoms with Crippen LogP contribution in [0.25, 0.3) is 0 Å². The second kappa shape index (κ2) is 13.8. The van der Waals surface area contributed by atoms with E-state index in [1.165, 1.54) is 148 Å². The number of nitrogens with one attached hydrogen (secondary N) is 1. The van der Waals surface area contributed by atoms with Crippen LogP contribution < -0.4 is 11.1 Å². The molecule has 3 saturated carbocycles. The number of hydrogen-bond acceptors (Lipinski definition) is 4. The molecule has 0 spiro atoms. The fraction of sp³-hybridized carbons (Fsp3) is 0.850. The largest absolute Gasteiger partial charge is 0.365 e. The second-order valence-corrected chi connectivity index (χ2v) is 18.0. The number of rotatable bonds is 8. The highest BCUT2D eigenvalue weighted by Gasteiger charge is 2.56. The SMILES string of the molecule is NC(NC(CCC1CC=CCC1)C1CCCCC1)C1=CC(N2C3=C(CCCC3)C3C4SC5CCCCC5C4CCC32)CCC1. The lowest BCUT2D eigenvalue weighted by Crippen LogP contribution is -2.51. The summed E-state index contributed by atoms with van der Waals surface area (Å²) in [5.41, 5.74) is 12.5. The lowest BCUT2D eigenvalue weighted by molar-refractivity contribution is 0.111. The molecule has 10 unspecified atom stereocenters. The first-order chi connectivity index (χ1) is 21.7. The Balaban J connectivity index is 0.994. The Morgan fingerprint density at radius 2 is 1.68 bits per heavy atom. The highest BCUT2D eigenvalue weighted by Crippen LogP contribution is 2.62. The number of fused-ring (bicyclic) bond motifs is 6. The zero-order valence-corrected chi connectivity index (χ0v) is 28.6. The number of nitrogens with two attached hydrogens (primary N) is 1. The van der Waals surface area contributed by atoms with E-state index in [0.29, 0.717) is 12.1 Å². The summed E-state index contributed by atoms with van der Waals surface area (Å²) >= 11 is 2.49. The molecule has 1 saturated heterocycles. The fourth-order valence-electron chi connectivity index (χ4n) is 12.0. The summed E-state index contributed by atoms with van der Waals surface area (Å²) in [5, 5.41) is 6.04. The summed E-state index contributed by atoms with van der Waals surface area (Å²) in [5.74, 6) is 4.62. The monoisotopic (exact) mass is 617 g/mol. The lowest BCUT2D eigenvalue weighted by Gasteiger charge is -2.45. The number of thioether (sulfide) groups is 1. The number of allylic oxidation sites excluding steroid dienone is 3. The Morgan fingerprint density at radius 1 is 0.818 bits per heavy atom. The van der Waals surface area contributed by atoms with Gasteiger partial charge in [0.2, 0.25) is 0 Å². The van der Waals surface area contributed by atoms with Gasteiger partial charge in [0.1, 0.15) is 0 Å². The maximum atomic E-state index is 7.20. The minimum atomic E-state index is 0.0402. The third-order valence-corrected chi connectivity index (χ3v) is 16.1. The van der Waals surface area contributed by atoms with Crippen LogP contribution in [0.2, 0.25) is 0 Å². The molecule has 0 aromatic carbocycles. The van der Waals surface area contributed by atoms with E-state index in [9.17, 15) is 0 Å². The maximum absolute atomic E-state index is 7.20. The molecule has 6 aliphatic carbocycles. The molecule has 0 bridgehead atoms. The average Bonchev–Trinajstić information content (AvgIpc) is 3.63. The van der Waals surface area contributed by atoms with Crippen LogP contribution in [0.1, 0.15) is 148 Å². The van der Waals surface area contributed by atoms with E-state index in [0.717, 1.165) is 46.1 Å². The molecular formula is C40H63N3S. The molecule has 8 rings (SSSR count). The van der Waals surface area contributed by atoms with E-state index in [4.69, 9.17) is 5.73 Å². The van der Waals surface area contributed by atoms with Gasteiger partial charge in [0.05, 0.1) is 6.17 Å². The first-order valence-electron chi connectivity index (χ1n) is 19.8. The van der Waals surface area contributed by atoms with Gasteiger partial charge < -0.3 is 10.6 Å². The van der Waals surface area contributed by atoms with Gasteiger partial charge in [0.15, 0.2) is 0 Å². The molecule has 44 heavy (non-hydrogen) atoms. The molecule has 3 nitrogen and oxygen atoms in total. The summed E-state index contributed by atoms with van der Waals surface area (Å²) in [6.07, 6.45) is 39.8. The van der Waals surface area contributed by atoms with Crippen LogP contribution in [0.15, 0.2) is 35.1 Å². The van der Waals surface area contributed by atoms with Crippen LogP contribution in [-0.4, -0.2) is 39.7 Å². The van der Waals surface area contributed by atoms with Crippen LogP contribution in [0.3, 0.4) is 0 Å². The van der Waals surface area contributed by atoms with Crippen LogP contribution >= 0.6 is 11.8 Å². The highest BCUT2D eigenvalue weighted by atomic mass is 32.2. The van der Waals surface area contributed by atoms with E-state index in [2.05, 4.69) is 40.2 Å². The zero-order valence-electron chi connectivity index (χ0n) is 27.8. The molecule has 0 amide bonds. The molecule has 0 radical (unpaired) electrons. The molecule has 0 aromatic rings. The third kappa shape index (κ3) is 6.05. The smallest absolute Gasteiger partial charge is 0.0771 e. The van der Waals surface area contributed by atoms with Crippen molar-refractivity contribution in [3.05, 3.63) is 35.1 Å². The fourth-order valence-corrected chi connectivity index (χ4v) is 14.3. The summed E-state index contributed by atoms with van der Waals surface area (Å²) < 4.78 is 0. The quantitative estimate of drug-likeness (QED) is 0.210. The summed E-state index contributed by atoms with van der Waals surface area (Å²) in [6.45, 7) is 0.